The summed E-state index contributed by atoms with van der Waals surface area (Å²) in [5.74, 6) is -0.138. The van der Waals surface area contributed by atoms with Crippen LogP contribution in [0.2, 0.25) is 0 Å². The molecule has 0 aliphatic heterocycles. The highest BCUT2D eigenvalue weighted by Crippen LogP contribution is 2.20. The monoisotopic (exact) mass is 278 g/mol. The molecule has 4 nitrogen and oxygen atoms in total. The van der Waals surface area contributed by atoms with E-state index in [2.05, 4.69) is 24.5 Å². The van der Waals surface area contributed by atoms with Gasteiger partial charge in [0.05, 0.1) is 6.61 Å². The van der Waals surface area contributed by atoms with Gasteiger partial charge in [-0.2, -0.15) is 0 Å². The summed E-state index contributed by atoms with van der Waals surface area (Å²) in [4.78, 5) is 12.0. The van der Waals surface area contributed by atoms with Crippen LogP contribution in [-0.4, -0.2) is 30.2 Å². The first-order valence-corrected chi connectivity index (χ1v) is 7.35. The lowest BCUT2D eigenvalue weighted by molar-refractivity contribution is 0.0944. The number of nitrogens with one attached hydrogen (secondary N) is 2. The van der Waals surface area contributed by atoms with Gasteiger partial charge < -0.3 is 15.7 Å². The van der Waals surface area contributed by atoms with E-state index < -0.39 is 0 Å². The molecule has 0 bridgehead atoms. The second-order valence-corrected chi connectivity index (χ2v) is 5.15. The topological polar surface area (TPSA) is 61.4 Å². The summed E-state index contributed by atoms with van der Waals surface area (Å²) in [5, 5.41) is 14.9. The lowest BCUT2D eigenvalue weighted by Crippen LogP contribution is -2.27. The van der Waals surface area contributed by atoms with Gasteiger partial charge in [0.1, 0.15) is 0 Å². The molecule has 3 N–H and O–H groups in total. The van der Waals surface area contributed by atoms with Crippen LogP contribution >= 0.6 is 0 Å². The van der Waals surface area contributed by atoms with E-state index in [9.17, 15) is 4.79 Å². The molecule has 1 unspecified atom stereocenters. The van der Waals surface area contributed by atoms with Crippen molar-refractivity contribution in [3.8, 4) is 0 Å². The highest BCUT2D eigenvalue weighted by molar-refractivity contribution is 5.97. The number of anilines is 1. The Bertz CT molecular complexity index is 432. The van der Waals surface area contributed by atoms with Gasteiger partial charge in [-0.15, -0.1) is 0 Å². The standard InChI is InChI=1S/C16H26N2O2/c1-4-5-7-12(2)18-15-9-6-8-14(13(15)3)16(20)17-10-11-19/h6,8-9,12,18-19H,4-5,7,10-11H2,1-3H3,(H,17,20). The average molecular weight is 278 g/mol. The summed E-state index contributed by atoms with van der Waals surface area (Å²) in [5.41, 5.74) is 2.61. The fraction of sp³-hybridized carbons (Fsp3) is 0.562. The zero-order valence-corrected chi connectivity index (χ0v) is 12.7. The Kier molecular flexibility index (Phi) is 7.09. The predicted octanol–water partition coefficient (Wildman–Crippen LogP) is 2.71. The first-order chi connectivity index (χ1) is 9.60. The van der Waals surface area contributed by atoms with E-state index in [0.717, 1.165) is 17.7 Å². The number of rotatable bonds is 8. The largest absolute Gasteiger partial charge is 0.395 e. The van der Waals surface area contributed by atoms with Crippen LogP contribution in [0.1, 0.15) is 49.0 Å². The van der Waals surface area contributed by atoms with Gasteiger partial charge >= 0.3 is 0 Å². The smallest absolute Gasteiger partial charge is 0.251 e. The minimum absolute atomic E-state index is 0.0449. The molecular weight excluding hydrogens is 252 g/mol. The minimum atomic E-state index is -0.138. The molecule has 0 spiro atoms. The van der Waals surface area contributed by atoms with E-state index in [0.29, 0.717) is 11.6 Å². The molecule has 0 aliphatic rings. The van der Waals surface area contributed by atoms with Crippen molar-refractivity contribution in [1.29, 1.82) is 0 Å². The molecule has 0 heterocycles. The Balaban J connectivity index is 2.76. The fourth-order valence-corrected chi connectivity index (χ4v) is 2.15. The van der Waals surface area contributed by atoms with Crippen molar-refractivity contribution in [2.24, 2.45) is 0 Å². The molecule has 1 amide bonds. The average Bonchev–Trinajstić information content (AvgIpc) is 2.44. The van der Waals surface area contributed by atoms with Gasteiger partial charge in [-0.1, -0.05) is 25.8 Å². The molecule has 0 aromatic heterocycles. The number of unbranched alkanes of at least 4 members (excludes halogenated alkanes) is 1. The minimum Gasteiger partial charge on any atom is -0.395 e. The van der Waals surface area contributed by atoms with Crippen LogP contribution in [-0.2, 0) is 0 Å². The van der Waals surface area contributed by atoms with Crippen molar-refractivity contribution in [2.75, 3.05) is 18.5 Å². The van der Waals surface area contributed by atoms with Crippen LogP contribution < -0.4 is 10.6 Å². The maximum absolute atomic E-state index is 12.0. The Morgan fingerprint density at radius 3 is 2.80 bits per heavy atom. The highest BCUT2D eigenvalue weighted by atomic mass is 16.3. The van der Waals surface area contributed by atoms with E-state index in [4.69, 9.17) is 5.11 Å². The van der Waals surface area contributed by atoms with Gasteiger partial charge in [0.25, 0.3) is 5.91 Å². The number of carbonyl (C=O) groups is 1. The maximum atomic E-state index is 12.0. The normalized spacial score (nSPS) is 12.0. The third-order valence-electron chi connectivity index (χ3n) is 3.37. The van der Waals surface area contributed by atoms with Crippen molar-refractivity contribution in [1.82, 2.24) is 5.32 Å². The summed E-state index contributed by atoms with van der Waals surface area (Å²) in [6.45, 7) is 6.53. The number of aliphatic hydroxyl groups excluding tert-OH is 1. The molecular formula is C16H26N2O2. The molecule has 4 heteroatoms. The van der Waals surface area contributed by atoms with Crippen LogP contribution in [0.4, 0.5) is 5.69 Å². The zero-order chi connectivity index (χ0) is 15.0. The summed E-state index contributed by atoms with van der Waals surface area (Å²) in [6, 6.07) is 6.09. The number of hydrogen-bond acceptors (Lipinski definition) is 3. The Morgan fingerprint density at radius 2 is 2.15 bits per heavy atom. The van der Waals surface area contributed by atoms with E-state index in [1.165, 1.54) is 12.8 Å². The van der Waals surface area contributed by atoms with Gasteiger partial charge in [0, 0.05) is 23.8 Å². The maximum Gasteiger partial charge on any atom is 0.251 e. The molecule has 0 saturated heterocycles. The van der Waals surface area contributed by atoms with Gasteiger partial charge in [-0.25, -0.2) is 0 Å². The van der Waals surface area contributed by atoms with Gasteiger partial charge in [-0.3, -0.25) is 4.79 Å². The first kappa shape index (κ1) is 16.5. The lowest BCUT2D eigenvalue weighted by atomic mass is 10.0. The Hall–Kier alpha value is -1.55. The summed E-state index contributed by atoms with van der Waals surface area (Å²) in [6.07, 6.45) is 3.51. The van der Waals surface area contributed by atoms with Crippen LogP contribution in [0, 0.1) is 6.92 Å². The molecule has 20 heavy (non-hydrogen) atoms. The van der Waals surface area contributed by atoms with Crippen molar-refractivity contribution >= 4 is 11.6 Å². The highest BCUT2D eigenvalue weighted by Gasteiger charge is 2.12. The number of aliphatic hydroxyl groups is 1. The first-order valence-electron chi connectivity index (χ1n) is 7.35. The second kappa shape index (κ2) is 8.59. The van der Waals surface area contributed by atoms with Gasteiger partial charge in [-0.05, 0) is 38.0 Å². The second-order valence-electron chi connectivity index (χ2n) is 5.15. The molecule has 0 fully saturated rings. The third-order valence-corrected chi connectivity index (χ3v) is 3.37. The molecule has 1 rings (SSSR count). The van der Waals surface area contributed by atoms with E-state index in [-0.39, 0.29) is 19.1 Å². The summed E-state index contributed by atoms with van der Waals surface area (Å²) < 4.78 is 0. The molecule has 0 aliphatic carbocycles. The van der Waals surface area contributed by atoms with Crippen LogP contribution in [0.5, 0.6) is 0 Å². The van der Waals surface area contributed by atoms with E-state index in [1.54, 1.807) is 0 Å². The van der Waals surface area contributed by atoms with Gasteiger partial charge in [0.2, 0.25) is 0 Å². The SMILES string of the molecule is CCCCC(C)Nc1cccc(C(=O)NCCO)c1C. The van der Waals surface area contributed by atoms with Crippen LogP contribution in [0.15, 0.2) is 18.2 Å². The molecule has 1 atom stereocenters. The molecule has 0 radical (unpaired) electrons. The van der Waals surface area contributed by atoms with E-state index >= 15 is 0 Å². The number of hydrogen-bond donors (Lipinski definition) is 3. The molecule has 0 saturated carbocycles. The van der Waals surface area contributed by atoms with Crippen molar-refractivity contribution < 1.29 is 9.90 Å². The van der Waals surface area contributed by atoms with Crippen LogP contribution in [0.3, 0.4) is 0 Å². The summed E-state index contributed by atoms with van der Waals surface area (Å²) in [7, 11) is 0. The van der Waals surface area contributed by atoms with Crippen molar-refractivity contribution in [3.05, 3.63) is 29.3 Å². The zero-order valence-electron chi connectivity index (χ0n) is 12.7. The fourth-order valence-electron chi connectivity index (χ4n) is 2.15. The van der Waals surface area contributed by atoms with Crippen molar-refractivity contribution in [2.45, 2.75) is 46.1 Å². The lowest BCUT2D eigenvalue weighted by Gasteiger charge is -2.18. The van der Waals surface area contributed by atoms with Crippen LogP contribution in [0.25, 0.3) is 0 Å². The predicted molar refractivity (Wildman–Crippen MR) is 83.2 cm³/mol. The number of amides is 1. The molecule has 112 valence electrons. The Morgan fingerprint density at radius 1 is 1.40 bits per heavy atom. The number of carbonyl (C=O) groups excluding carboxylic acids is 1. The summed E-state index contributed by atoms with van der Waals surface area (Å²) >= 11 is 0. The van der Waals surface area contributed by atoms with Crippen molar-refractivity contribution in [3.63, 3.8) is 0 Å². The quantitative estimate of drug-likeness (QED) is 0.685. The Labute approximate surface area is 121 Å². The third kappa shape index (κ3) is 4.85. The number of benzene rings is 1. The molecule has 1 aromatic carbocycles. The van der Waals surface area contributed by atoms with E-state index in [1.807, 2.05) is 25.1 Å². The molecule has 1 aromatic rings. The van der Waals surface area contributed by atoms with Gasteiger partial charge in [0.15, 0.2) is 0 Å².